The molecule has 0 bridgehead atoms. The molecule has 96 valence electrons. The maximum atomic E-state index is 13.5. The number of benzene rings is 1. The average molecular weight is 240 g/mol. The van der Waals surface area contributed by atoms with Crippen LogP contribution in [0.2, 0.25) is 0 Å². The summed E-state index contributed by atoms with van der Waals surface area (Å²) in [6.07, 6.45) is 0. The summed E-state index contributed by atoms with van der Waals surface area (Å²) in [5.74, 6) is -2.12. The van der Waals surface area contributed by atoms with E-state index in [9.17, 15) is 8.78 Å². The van der Waals surface area contributed by atoms with Gasteiger partial charge in [-0.1, -0.05) is 39.8 Å². The molecular formula is C15H22F2. The lowest BCUT2D eigenvalue weighted by Crippen LogP contribution is -2.13. The first-order valence-corrected chi connectivity index (χ1v) is 6.18. The summed E-state index contributed by atoms with van der Waals surface area (Å²) in [5, 5.41) is 0. The van der Waals surface area contributed by atoms with Gasteiger partial charge in [-0.15, -0.1) is 0 Å². The highest BCUT2D eigenvalue weighted by Crippen LogP contribution is 2.37. The Morgan fingerprint density at radius 2 is 1.53 bits per heavy atom. The molecule has 0 radical (unpaired) electrons. The Bertz CT molecular complexity index is 398. The lowest BCUT2D eigenvalue weighted by Gasteiger charge is -2.23. The molecule has 0 heterocycles. The molecule has 0 saturated heterocycles. The highest BCUT2D eigenvalue weighted by Gasteiger charge is 2.28. The van der Waals surface area contributed by atoms with Gasteiger partial charge in [0.05, 0.1) is 0 Å². The number of hydrogen-bond donors (Lipinski definition) is 0. The van der Waals surface area contributed by atoms with E-state index in [4.69, 9.17) is 0 Å². The van der Waals surface area contributed by atoms with E-state index in [1.165, 1.54) is 5.56 Å². The molecule has 1 aromatic rings. The number of alkyl halides is 2. The lowest BCUT2D eigenvalue weighted by atomic mass is 9.84. The van der Waals surface area contributed by atoms with Gasteiger partial charge >= 0.3 is 0 Å². The van der Waals surface area contributed by atoms with Crippen molar-refractivity contribution in [1.82, 2.24) is 0 Å². The van der Waals surface area contributed by atoms with Crippen molar-refractivity contribution in [3.05, 3.63) is 34.4 Å². The van der Waals surface area contributed by atoms with Crippen molar-refractivity contribution in [3.63, 3.8) is 0 Å². The molecule has 2 heteroatoms. The Morgan fingerprint density at radius 1 is 1.00 bits per heavy atom. The fourth-order valence-corrected chi connectivity index (χ4v) is 2.49. The summed E-state index contributed by atoms with van der Waals surface area (Å²) >= 11 is 0. The van der Waals surface area contributed by atoms with Crippen molar-refractivity contribution >= 4 is 0 Å². The van der Waals surface area contributed by atoms with Gasteiger partial charge in [0.25, 0.3) is 5.92 Å². The molecule has 0 aliphatic rings. The molecule has 0 aromatic heterocycles. The minimum absolute atomic E-state index is 0.158. The topological polar surface area (TPSA) is 0 Å². The van der Waals surface area contributed by atoms with Crippen LogP contribution in [0.25, 0.3) is 0 Å². The Kier molecular flexibility index (Phi) is 3.95. The maximum Gasteiger partial charge on any atom is 0.270 e. The van der Waals surface area contributed by atoms with Crippen LogP contribution in [-0.4, -0.2) is 0 Å². The predicted octanol–water partition coefficient (Wildman–Crippen LogP) is 5.35. The number of rotatable bonds is 3. The first kappa shape index (κ1) is 14.1. The molecule has 0 unspecified atom stereocenters. The molecule has 0 saturated carbocycles. The van der Waals surface area contributed by atoms with Crippen LogP contribution in [0.3, 0.4) is 0 Å². The summed E-state index contributed by atoms with van der Waals surface area (Å²) in [6.45, 7) is 11.1. The van der Waals surface area contributed by atoms with Gasteiger partial charge in [0, 0.05) is 12.5 Å². The maximum absolute atomic E-state index is 13.5. The van der Waals surface area contributed by atoms with E-state index in [0.717, 1.165) is 18.1 Å². The van der Waals surface area contributed by atoms with Gasteiger partial charge < -0.3 is 0 Å². The Hall–Kier alpha value is -0.920. The Balaban J connectivity index is 3.50. The average Bonchev–Trinajstić information content (AvgIpc) is 2.13. The van der Waals surface area contributed by atoms with Crippen molar-refractivity contribution in [2.24, 2.45) is 0 Å². The zero-order valence-electron chi connectivity index (χ0n) is 11.6. The highest BCUT2D eigenvalue weighted by molar-refractivity contribution is 5.45. The molecule has 0 aliphatic carbocycles. The van der Waals surface area contributed by atoms with Crippen LogP contribution in [0, 0.1) is 6.92 Å². The summed E-state index contributed by atoms with van der Waals surface area (Å²) in [7, 11) is 0. The second-order valence-corrected chi connectivity index (χ2v) is 5.44. The van der Waals surface area contributed by atoms with Gasteiger partial charge in [-0.2, -0.15) is 0 Å². The monoisotopic (exact) mass is 240 g/mol. The van der Waals surface area contributed by atoms with E-state index < -0.39 is 5.92 Å². The third kappa shape index (κ3) is 2.85. The predicted molar refractivity (Wildman–Crippen MR) is 68.9 cm³/mol. The van der Waals surface area contributed by atoms with Crippen LogP contribution in [0.5, 0.6) is 0 Å². The van der Waals surface area contributed by atoms with Crippen molar-refractivity contribution in [2.45, 2.75) is 59.3 Å². The molecule has 1 aromatic carbocycles. The van der Waals surface area contributed by atoms with Gasteiger partial charge in [0.1, 0.15) is 0 Å². The van der Waals surface area contributed by atoms with Crippen molar-refractivity contribution < 1.29 is 8.78 Å². The summed E-state index contributed by atoms with van der Waals surface area (Å²) in [4.78, 5) is 0. The van der Waals surface area contributed by atoms with Crippen LogP contribution < -0.4 is 0 Å². The Morgan fingerprint density at radius 3 is 1.88 bits per heavy atom. The van der Waals surface area contributed by atoms with Gasteiger partial charge in [-0.25, -0.2) is 8.78 Å². The van der Waals surface area contributed by atoms with Crippen molar-refractivity contribution in [2.75, 3.05) is 0 Å². The van der Waals surface area contributed by atoms with E-state index in [2.05, 4.69) is 27.7 Å². The number of hydrogen-bond acceptors (Lipinski definition) is 0. The lowest BCUT2D eigenvalue weighted by molar-refractivity contribution is 0.0167. The third-order valence-corrected chi connectivity index (χ3v) is 3.22. The van der Waals surface area contributed by atoms with Crippen LogP contribution in [-0.2, 0) is 5.92 Å². The SMILES string of the molecule is Cc1c(C(C)(F)F)ccc(C(C)C)c1C(C)C. The normalized spacial score (nSPS) is 12.6. The third-order valence-electron chi connectivity index (χ3n) is 3.22. The summed E-state index contributed by atoms with van der Waals surface area (Å²) in [6, 6.07) is 3.44. The zero-order chi connectivity index (χ0) is 13.4. The second-order valence-electron chi connectivity index (χ2n) is 5.44. The molecule has 0 atom stereocenters. The molecule has 1 rings (SSSR count). The standard InChI is InChI=1S/C15H22F2/c1-9(2)12-7-8-13(15(6,16)17)11(5)14(12)10(3)4/h7-10H,1-6H3. The second kappa shape index (κ2) is 4.75. The molecule has 0 nitrogen and oxygen atoms in total. The van der Waals surface area contributed by atoms with Gasteiger partial charge in [0.15, 0.2) is 0 Å². The smallest absolute Gasteiger partial charge is 0.202 e. The highest BCUT2D eigenvalue weighted by atomic mass is 19.3. The molecule has 0 N–H and O–H groups in total. The van der Waals surface area contributed by atoms with Crippen LogP contribution in [0.15, 0.2) is 12.1 Å². The number of halogens is 2. The van der Waals surface area contributed by atoms with E-state index in [1.807, 2.05) is 13.0 Å². The van der Waals surface area contributed by atoms with Gasteiger partial charge in [0.2, 0.25) is 0 Å². The van der Waals surface area contributed by atoms with Crippen LogP contribution in [0.1, 0.15) is 68.7 Å². The molecule has 0 spiro atoms. The largest absolute Gasteiger partial charge is 0.270 e. The Labute approximate surface area is 103 Å². The van der Waals surface area contributed by atoms with Crippen LogP contribution in [0.4, 0.5) is 8.78 Å². The molecular weight excluding hydrogens is 218 g/mol. The van der Waals surface area contributed by atoms with Crippen molar-refractivity contribution in [3.8, 4) is 0 Å². The van der Waals surface area contributed by atoms with Crippen LogP contribution >= 0.6 is 0 Å². The van der Waals surface area contributed by atoms with Crippen molar-refractivity contribution in [1.29, 1.82) is 0 Å². The fourth-order valence-electron chi connectivity index (χ4n) is 2.49. The van der Waals surface area contributed by atoms with E-state index in [0.29, 0.717) is 5.92 Å². The van der Waals surface area contributed by atoms with E-state index >= 15 is 0 Å². The van der Waals surface area contributed by atoms with Gasteiger partial charge in [-0.3, -0.25) is 0 Å². The zero-order valence-corrected chi connectivity index (χ0v) is 11.6. The molecule has 0 amide bonds. The molecule has 17 heavy (non-hydrogen) atoms. The van der Waals surface area contributed by atoms with Gasteiger partial charge in [-0.05, 0) is 35.4 Å². The molecule has 0 fully saturated rings. The quantitative estimate of drug-likeness (QED) is 0.667. The van der Waals surface area contributed by atoms with E-state index in [1.54, 1.807) is 6.07 Å². The summed E-state index contributed by atoms with van der Waals surface area (Å²) < 4.78 is 27.0. The minimum Gasteiger partial charge on any atom is -0.202 e. The summed E-state index contributed by atoms with van der Waals surface area (Å²) in [5.41, 5.74) is 3.17. The van der Waals surface area contributed by atoms with E-state index in [-0.39, 0.29) is 11.5 Å². The fraction of sp³-hybridized carbons (Fsp3) is 0.600. The minimum atomic E-state index is -2.76. The first-order chi connectivity index (χ1) is 7.66. The molecule has 0 aliphatic heterocycles. The first-order valence-electron chi connectivity index (χ1n) is 6.18.